The van der Waals surface area contributed by atoms with E-state index in [9.17, 15) is 0 Å². The Morgan fingerprint density at radius 3 is 1.90 bits per heavy atom. The fourth-order valence-corrected chi connectivity index (χ4v) is 15.1. The second-order valence-corrected chi connectivity index (χ2v) is 32.7. The Hall–Kier alpha value is 0.531. The van der Waals surface area contributed by atoms with E-state index in [1.807, 2.05) is 0 Å². The van der Waals surface area contributed by atoms with Crippen molar-refractivity contribution < 1.29 is 13.3 Å². The SMILES string of the molecule is CC(CCC(C)(C)O[Si](C)(C)C)C1CCC2C3C(O[Si](C)(C)C)C[C@@H]4C[C@H](O[Si](C)(C)C)CCC4(C)C3CCC12C. The molecule has 4 rings (SSSR count). The normalized spacial score (nSPS) is 41.0. The maximum Gasteiger partial charge on any atom is 0.184 e. The monoisotopic (exact) mass is 622 g/mol. The fraction of sp³-hybridized carbons (Fsp3) is 1.00. The Balaban J connectivity index is 1.54. The first kappa shape index (κ1) is 34.4. The minimum Gasteiger partial charge on any atom is -0.415 e. The molecule has 0 radical (unpaired) electrons. The lowest BCUT2D eigenvalue weighted by atomic mass is 9.43. The first-order valence-corrected chi connectivity index (χ1v) is 27.8. The van der Waals surface area contributed by atoms with Crippen molar-refractivity contribution in [2.24, 2.45) is 46.3 Å². The van der Waals surface area contributed by atoms with E-state index in [1.54, 1.807) is 0 Å². The molecule has 3 nitrogen and oxygen atoms in total. The van der Waals surface area contributed by atoms with Gasteiger partial charge in [-0.3, -0.25) is 0 Å². The van der Waals surface area contributed by atoms with Crippen molar-refractivity contribution in [1.82, 2.24) is 0 Å². The summed E-state index contributed by atoms with van der Waals surface area (Å²) in [6.07, 6.45) is 14.3. The zero-order valence-corrected chi connectivity index (χ0v) is 32.9. The minimum atomic E-state index is -1.65. The van der Waals surface area contributed by atoms with E-state index in [0.29, 0.717) is 23.0 Å². The molecule has 0 aromatic heterocycles. The van der Waals surface area contributed by atoms with Gasteiger partial charge < -0.3 is 13.3 Å². The molecule has 41 heavy (non-hydrogen) atoms. The summed E-state index contributed by atoms with van der Waals surface area (Å²) in [4.78, 5) is 0. The highest BCUT2D eigenvalue weighted by Gasteiger charge is 2.63. The number of hydrogen-bond acceptors (Lipinski definition) is 3. The third-order valence-electron chi connectivity index (χ3n) is 12.2. The van der Waals surface area contributed by atoms with Crippen LogP contribution in [0.15, 0.2) is 0 Å². The molecular weight excluding hydrogens is 553 g/mol. The van der Waals surface area contributed by atoms with Gasteiger partial charge in [-0.05, 0) is 183 Å². The molecule has 0 N–H and O–H groups in total. The Kier molecular flexibility index (Phi) is 9.83. The van der Waals surface area contributed by atoms with Crippen molar-refractivity contribution in [3.63, 3.8) is 0 Å². The van der Waals surface area contributed by atoms with Crippen LogP contribution < -0.4 is 0 Å². The molecule has 10 atom stereocenters. The Morgan fingerprint density at radius 2 is 1.32 bits per heavy atom. The van der Waals surface area contributed by atoms with Crippen molar-refractivity contribution in [1.29, 1.82) is 0 Å². The van der Waals surface area contributed by atoms with Gasteiger partial charge in [-0.25, -0.2) is 0 Å². The highest BCUT2D eigenvalue weighted by atomic mass is 28.4. The molecule has 0 spiro atoms. The van der Waals surface area contributed by atoms with Crippen LogP contribution in [0.4, 0.5) is 0 Å². The molecule has 0 aromatic carbocycles. The summed E-state index contributed by atoms with van der Waals surface area (Å²) in [6, 6.07) is 0. The van der Waals surface area contributed by atoms with Crippen LogP contribution in [0.2, 0.25) is 58.9 Å². The molecule has 4 saturated carbocycles. The highest BCUT2D eigenvalue weighted by Crippen LogP contribution is 2.69. The van der Waals surface area contributed by atoms with E-state index in [0.717, 1.165) is 35.5 Å². The predicted molar refractivity (Wildman–Crippen MR) is 184 cm³/mol. The highest BCUT2D eigenvalue weighted by molar-refractivity contribution is 6.70. The van der Waals surface area contributed by atoms with Gasteiger partial charge in [0.1, 0.15) is 0 Å². The van der Waals surface area contributed by atoms with Gasteiger partial charge in [0, 0.05) is 12.2 Å². The summed E-state index contributed by atoms with van der Waals surface area (Å²) in [6.45, 7) is 34.1. The lowest BCUT2D eigenvalue weighted by Crippen LogP contribution is -2.60. The van der Waals surface area contributed by atoms with E-state index < -0.39 is 25.0 Å². The summed E-state index contributed by atoms with van der Waals surface area (Å²) in [5.74, 6) is 4.77. The van der Waals surface area contributed by atoms with Crippen LogP contribution in [0.3, 0.4) is 0 Å². The number of hydrogen-bond donors (Lipinski definition) is 0. The molecule has 0 aromatic rings. The molecule has 4 fully saturated rings. The zero-order valence-electron chi connectivity index (χ0n) is 29.9. The Morgan fingerprint density at radius 1 is 0.732 bits per heavy atom. The van der Waals surface area contributed by atoms with Crippen molar-refractivity contribution in [2.45, 2.75) is 176 Å². The van der Waals surface area contributed by atoms with Crippen LogP contribution in [-0.4, -0.2) is 42.8 Å². The molecule has 0 bridgehead atoms. The molecule has 0 heterocycles. The van der Waals surface area contributed by atoms with Crippen LogP contribution in [0, 0.1) is 46.3 Å². The van der Waals surface area contributed by atoms with Crippen molar-refractivity contribution in [3.05, 3.63) is 0 Å². The van der Waals surface area contributed by atoms with Gasteiger partial charge in [0.05, 0.1) is 5.60 Å². The zero-order chi connectivity index (χ0) is 30.8. The first-order chi connectivity index (χ1) is 18.5. The van der Waals surface area contributed by atoms with Gasteiger partial charge in [0.25, 0.3) is 0 Å². The second kappa shape index (κ2) is 11.7. The Labute approximate surface area is 259 Å². The number of rotatable bonds is 10. The third-order valence-corrected chi connectivity index (χ3v) is 15.4. The van der Waals surface area contributed by atoms with Crippen LogP contribution in [-0.2, 0) is 13.3 Å². The maximum atomic E-state index is 7.26. The van der Waals surface area contributed by atoms with Gasteiger partial charge in [0.15, 0.2) is 25.0 Å². The smallest absolute Gasteiger partial charge is 0.184 e. The van der Waals surface area contributed by atoms with Gasteiger partial charge in [-0.2, -0.15) is 0 Å². The van der Waals surface area contributed by atoms with Crippen molar-refractivity contribution in [3.8, 4) is 0 Å². The lowest BCUT2D eigenvalue weighted by molar-refractivity contribution is -0.168. The molecule has 0 aliphatic heterocycles. The molecule has 6 heteroatoms. The average Bonchev–Trinajstić information content (AvgIpc) is 3.12. The van der Waals surface area contributed by atoms with Crippen LogP contribution >= 0.6 is 0 Å². The Bertz CT molecular complexity index is 902. The van der Waals surface area contributed by atoms with Crippen molar-refractivity contribution >= 4 is 25.0 Å². The lowest BCUT2D eigenvalue weighted by Gasteiger charge is -2.64. The van der Waals surface area contributed by atoms with Crippen LogP contribution in [0.25, 0.3) is 0 Å². The molecule has 4 aliphatic carbocycles. The van der Waals surface area contributed by atoms with E-state index >= 15 is 0 Å². The second-order valence-electron chi connectivity index (χ2n) is 19.3. The first-order valence-electron chi connectivity index (χ1n) is 17.6. The molecule has 4 aliphatic rings. The van der Waals surface area contributed by atoms with E-state index in [1.165, 1.54) is 64.2 Å². The van der Waals surface area contributed by atoms with Gasteiger partial charge in [-0.15, -0.1) is 0 Å². The quantitative estimate of drug-likeness (QED) is 0.227. The van der Waals surface area contributed by atoms with Gasteiger partial charge in [-0.1, -0.05) is 20.8 Å². The predicted octanol–water partition coefficient (Wildman–Crippen LogP) is 10.7. The summed E-state index contributed by atoms with van der Waals surface area (Å²) in [7, 11) is -4.72. The third kappa shape index (κ3) is 7.85. The fourth-order valence-electron chi connectivity index (χ4n) is 11.0. The van der Waals surface area contributed by atoms with Crippen LogP contribution in [0.5, 0.6) is 0 Å². The minimum absolute atomic E-state index is 0.00339. The topological polar surface area (TPSA) is 27.7 Å². The molecular formula is C35H70O3Si3. The maximum absolute atomic E-state index is 7.26. The van der Waals surface area contributed by atoms with Gasteiger partial charge in [0.2, 0.25) is 0 Å². The standard InChI is InChI=1S/C35H70O3Si3/c1-25(17-20-33(2,3)38-41(12,13)14)28-15-16-29-32-30(19-22-35(28,29)5)34(4)21-18-27(36-39(6,7)8)23-26(34)24-31(32)37-40(9,10)11/h25-32H,15-24H2,1-14H3/t25?,26-,27+,28?,29?,30?,31?,32?,34?,35?/m0/s1. The van der Waals surface area contributed by atoms with E-state index in [-0.39, 0.29) is 5.60 Å². The van der Waals surface area contributed by atoms with Crippen molar-refractivity contribution in [2.75, 3.05) is 0 Å². The van der Waals surface area contributed by atoms with E-state index in [2.05, 4.69) is 93.5 Å². The molecule has 240 valence electrons. The number of fused-ring (bicyclic) bond motifs is 5. The summed E-state index contributed by atoms with van der Waals surface area (Å²) >= 11 is 0. The molecule has 0 saturated heterocycles. The summed E-state index contributed by atoms with van der Waals surface area (Å²) in [5, 5.41) is 0. The van der Waals surface area contributed by atoms with Gasteiger partial charge >= 0.3 is 0 Å². The molecule has 0 amide bonds. The summed E-state index contributed by atoms with van der Waals surface area (Å²) < 4.78 is 20.6. The average molecular weight is 623 g/mol. The van der Waals surface area contributed by atoms with Crippen LogP contribution in [0.1, 0.15) is 98.8 Å². The van der Waals surface area contributed by atoms with E-state index in [4.69, 9.17) is 13.3 Å². The largest absolute Gasteiger partial charge is 0.415 e. The molecule has 8 unspecified atom stereocenters. The summed E-state index contributed by atoms with van der Waals surface area (Å²) in [5.41, 5.74) is 0.926.